The first kappa shape index (κ1) is 19.1. The lowest BCUT2D eigenvalue weighted by atomic mass is 10.2. The Hall–Kier alpha value is -2.19. The van der Waals surface area contributed by atoms with Crippen molar-refractivity contribution in [2.75, 3.05) is 18.2 Å². The molecule has 0 aliphatic rings. The number of carbonyl (C=O) groups is 2. The number of rotatable bonds is 6. The van der Waals surface area contributed by atoms with E-state index in [9.17, 15) is 18.0 Å². The molecule has 0 saturated carbocycles. The number of aryl methyl sites for hydroxylation is 2. The number of nitrogens with one attached hydrogen (secondary N) is 1. The molecule has 0 bridgehead atoms. The predicted octanol–water partition coefficient (Wildman–Crippen LogP) is 2.82. The van der Waals surface area contributed by atoms with Crippen molar-refractivity contribution in [3.8, 4) is 0 Å². The molecular weight excluding hydrogens is 362 g/mol. The van der Waals surface area contributed by atoms with Crippen LogP contribution in [0.15, 0.2) is 35.2 Å². The van der Waals surface area contributed by atoms with E-state index in [-0.39, 0.29) is 10.6 Å². The van der Waals surface area contributed by atoms with Gasteiger partial charge in [0, 0.05) is 11.1 Å². The number of para-hydroxylation sites is 1. The van der Waals surface area contributed by atoms with E-state index in [1.165, 1.54) is 23.5 Å². The molecule has 134 valence electrons. The Balaban J connectivity index is 2.01. The van der Waals surface area contributed by atoms with Crippen LogP contribution in [0.1, 0.15) is 27.0 Å². The van der Waals surface area contributed by atoms with Gasteiger partial charge in [-0.3, -0.25) is 4.79 Å². The van der Waals surface area contributed by atoms with Gasteiger partial charge in [0.15, 0.2) is 16.4 Å². The summed E-state index contributed by atoms with van der Waals surface area (Å²) in [5, 5.41) is 2.46. The topological polar surface area (TPSA) is 89.5 Å². The lowest BCUT2D eigenvalue weighted by molar-refractivity contribution is -0.119. The molecule has 1 N–H and O–H groups in total. The van der Waals surface area contributed by atoms with E-state index in [0.29, 0.717) is 4.88 Å². The Labute approximate surface area is 150 Å². The van der Waals surface area contributed by atoms with Gasteiger partial charge >= 0.3 is 5.97 Å². The van der Waals surface area contributed by atoms with Gasteiger partial charge in [0.25, 0.3) is 5.91 Å². The highest BCUT2D eigenvalue weighted by Gasteiger charge is 2.17. The minimum atomic E-state index is -3.48. The summed E-state index contributed by atoms with van der Waals surface area (Å²) in [5.41, 5.74) is 1.23. The van der Waals surface area contributed by atoms with E-state index in [0.717, 1.165) is 23.1 Å². The second kappa shape index (κ2) is 7.79. The first-order valence-electron chi connectivity index (χ1n) is 7.57. The molecule has 1 aromatic carbocycles. The number of ether oxygens (including phenoxy) is 1. The highest BCUT2D eigenvalue weighted by Crippen LogP contribution is 2.23. The van der Waals surface area contributed by atoms with Crippen LogP contribution in [-0.2, 0) is 25.8 Å². The number of thiophene rings is 1. The van der Waals surface area contributed by atoms with Crippen LogP contribution in [0.4, 0.5) is 5.69 Å². The van der Waals surface area contributed by atoms with E-state index in [1.807, 2.05) is 13.8 Å². The molecule has 1 heterocycles. The molecule has 25 heavy (non-hydrogen) atoms. The lowest BCUT2D eigenvalue weighted by Crippen LogP contribution is -2.21. The van der Waals surface area contributed by atoms with Gasteiger partial charge in [-0.2, -0.15) is 0 Å². The zero-order valence-corrected chi connectivity index (χ0v) is 15.8. The molecule has 0 atom stereocenters. The average molecular weight is 381 g/mol. The predicted molar refractivity (Wildman–Crippen MR) is 96.9 cm³/mol. The fourth-order valence-corrected chi connectivity index (χ4v) is 4.11. The first-order chi connectivity index (χ1) is 11.7. The highest BCUT2D eigenvalue weighted by atomic mass is 32.2. The third kappa shape index (κ3) is 4.90. The number of hydrogen-bond donors (Lipinski definition) is 1. The maximum Gasteiger partial charge on any atom is 0.348 e. The van der Waals surface area contributed by atoms with E-state index in [4.69, 9.17) is 4.74 Å². The third-order valence-corrected chi connectivity index (χ3v) is 5.73. The summed E-state index contributed by atoms with van der Waals surface area (Å²) < 4.78 is 28.4. The van der Waals surface area contributed by atoms with Crippen molar-refractivity contribution < 1.29 is 22.7 Å². The van der Waals surface area contributed by atoms with Crippen LogP contribution >= 0.6 is 11.3 Å². The summed E-state index contributed by atoms with van der Waals surface area (Å²) in [6.07, 6.45) is 1.88. The van der Waals surface area contributed by atoms with Crippen LogP contribution in [0.25, 0.3) is 0 Å². The smallest absolute Gasteiger partial charge is 0.348 e. The van der Waals surface area contributed by atoms with Gasteiger partial charge in [0.1, 0.15) is 4.88 Å². The van der Waals surface area contributed by atoms with Gasteiger partial charge in [-0.1, -0.05) is 19.1 Å². The Bertz CT molecular complexity index is 900. The molecular formula is C17H19NO5S2. The van der Waals surface area contributed by atoms with Crippen LogP contribution < -0.4 is 5.32 Å². The zero-order chi connectivity index (χ0) is 18.6. The second-order valence-electron chi connectivity index (χ2n) is 5.44. The minimum Gasteiger partial charge on any atom is -0.451 e. The number of esters is 1. The number of sulfone groups is 1. The maximum absolute atomic E-state index is 12.0. The Morgan fingerprint density at radius 1 is 1.24 bits per heavy atom. The van der Waals surface area contributed by atoms with Crippen molar-refractivity contribution in [1.82, 2.24) is 0 Å². The number of benzene rings is 1. The fraction of sp³-hybridized carbons (Fsp3) is 0.294. The Morgan fingerprint density at radius 3 is 2.52 bits per heavy atom. The van der Waals surface area contributed by atoms with Gasteiger partial charge < -0.3 is 10.1 Å². The zero-order valence-electron chi connectivity index (χ0n) is 14.2. The average Bonchev–Trinajstić information content (AvgIpc) is 2.93. The van der Waals surface area contributed by atoms with Crippen LogP contribution in [0.5, 0.6) is 0 Å². The van der Waals surface area contributed by atoms with Crippen molar-refractivity contribution in [2.24, 2.45) is 0 Å². The largest absolute Gasteiger partial charge is 0.451 e. The van der Waals surface area contributed by atoms with Gasteiger partial charge in [-0.15, -0.1) is 11.3 Å². The van der Waals surface area contributed by atoms with Crippen LogP contribution in [0.2, 0.25) is 0 Å². The minimum absolute atomic E-state index is 0.0103. The Morgan fingerprint density at radius 2 is 1.92 bits per heavy atom. The standard InChI is InChI=1S/C17H19NO5S2/c1-4-12-9-14(24-11(12)2)17(20)23-10-16(19)18-13-7-5-6-8-15(13)25(3,21)22/h5-9H,4,10H2,1-3H3,(H,18,19). The third-order valence-electron chi connectivity index (χ3n) is 3.50. The molecule has 0 saturated heterocycles. The fourth-order valence-electron chi connectivity index (χ4n) is 2.25. The van der Waals surface area contributed by atoms with Crippen molar-refractivity contribution in [3.05, 3.63) is 45.6 Å². The van der Waals surface area contributed by atoms with E-state index >= 15 is 0 Å². The quantitative estimate of drug-likeness (QED) is 0.777. The molecule has 0 aliphatic heterocycles. The van der Waals surface area contributed by atoms with Gasteiger partial charge in [0.05, 0.1) is 10.6 Å². The SMILES string of the molecule is CCc1cc(C(=O)OCC(=O)Nc2ccccc2S(C)(=O)=O)sc1C. The van der Waals surface area contributed by atoms with Gasteiger partial charge in [-0.25, -0.2) is 13.2 Å². The van der Waals surface area contributed by atoms with Crippen molar-refractivity contribution in [2.45, 2.75) is 25.2 Å². The first-order valence-corrected chi connectivity index (χ1v) is 10.3. The summed E-state index contributed by atoms with van der Waals surface area (Å²) in [4.78, 5) is 25.5. The summed E-state index contributed by atoms with van der Waals surface area (Å²) in [6.45, 7) is 3.43. The molecule has 0 unspecified atom stereocenters. The summed E-state index contributed by atoms with van der Waals surface area (Å²) >= 11 is 1.32. The van der Waals surface area contributed by atoms with Crippen LogP contribution in [-0.4, -0.2) is 33.2 Å². The maximum atomic E-state index is 12.0. The van der Waals surface area contributed by atoms with E-state index in [2.05, 4.69) is 5.32 Å². The van der Waals surface area contributed by atoms with Crippen molar-refractivity contribution in [3.63, 3.8) is 0 Å². The Kier molecular flexibility index (Phi) is 5.97. The van der Waals surface area contributed by atoms with Crippen molar-refractivity contribution >= 4 is 38.7 Å². The van der Waals surface area contributed by atoms with Crippen LogP contribution in [0, 0.1) is 6.92 Å². The summed E-state index contributed by atoms with van der Waals surface area (Å²) in [5.74, 6) is -1.17. The van der Waals surface area contributed by atoms with Crippen molar-refractivity contribution in [1.29, 1.82) is 0 Å². The summed E-state index contributed by atoms with van der Waals surface area (Å²) in [6, 6.07) is 7.82. The normalized spacial score (nSPS) is 11.2. The molecule has 1 aromatic heterocycles. The molecule has 0 radical (unpaired) electrons. The molecule has 0 spiro atoms. The molecule has 0 aliphatic carbocycles. The van der Waals surface area contributed by atoms with E-state index in [1.54, 1.807) is 18.2 Å². The number of amides is 1. The van der Waals surface area contributed by atoms with E-state index < -0.39 is 28.3 Å². The van der Waals surface area contributed by atoms with Crippen LogP contribution in [0.3, 0.4) is 0 Å². The number of hydrogen-bond acceptors (Lipinski definition) is 6. The molecule has 8 heteroatoms. The van der Waals surface area contributed by atoms with Gasteiger partial charge in [-0.05, 0) is 37.1 Å². The lowest BCUT2D eigenvalue weighted by Gasteiger charge is -2.09. The number of carbonyl (C=O) groups excluding carboxylic acids is 2. The molecule has 6 nitrogen and oxygen atoms in total. The number of anilines is 1. The molecule has 1 amide bonds. The summed E-state index contributed by atoms with van der Waals surface area (Å²) in [7, 11) is -3.48. The van der Waals surface area contributed by atoms with Gasteiger partial charge in [0.2, 0.25) is 0 Å². The molecule has 0 fully saturated rings. The monoisotopic (exact) mass is 381 g/mol. The second-order valence-corrected chi connectivity index (χ2v) is 8.68. The molecule has 2 rings (SSSR count). The highest BCUT2D eigenvalue weighted by molar-refractivity contribution is 7.90. The molecule has 2 aromatic rings.